The van der Waals surface area contributed by atoms with E-state index < -0.39 is 0 Å². The van der Waals surface area contributed by atoms with E-state index in [1.165, 1.54) is 22.4 Å². The minimum absolute atomic E-state index is 0.123. The van der Waals surface area contributed by atoms with Crippen molar-refractivity contribution in [3.63, 3.8) is 0 Å². The molecule has 2 aromatic heterocycles. The molecule has 0 aliphatic rings. The fraction of sp³-hybridized carbons (Fsp3) is 0.0909. The third-order valence-electron chi connectivity index (χ3n) is 2.38. The van der Waals surface area contributed by atoms with Crippen LogP contribution in [0.5, 0.6) is 0 Å². The monoisotopic (exact) mass is 389 g/mol. The maximum absolute atomic E-state index is 12.3. The van der Waals surface area contributed by atoms with E-state index in [-0.39, 0.29) is 5.91 Å². The Morgan fingerprint density at radius 1 is 1.50 bits per heavy atom. The lowest BCUT2D eigenvalue weighted by atomic mass is 10.2. The van der Waals surface area contributed by atoms with Crippen LogP contribution in [0.1, 0.15) is 10.4 Å². The largest absolute Gasteiger partial charge is 0.396 e. The molecule has 0 spiro atoms. The Morgan fingerprint density at radius 2 is 2.22 bits per heavy atom. The molecule has 1 amide bonds. The van der Waals surface area contributed by atoms with E-state index in [1.807, 2.05) is 0 Å². The minimum Gasteiger partial charge on any atom is -0.396 e. The molecule has 0 saturated carbocycles. The zero-order valence-corrected chi connectivity index (χ0v) is 13.3. The van der Waals surface area contributed by atoms with Crippen molar-refractivity contribution in [2.24, 2.45) is 0 Å². The van der Waals surface area contributed by atoms with Gasteiger partial charge in [-0.15, -0.1) is 11.3 Å². The summed E-state index contributed by atoms with van der Waals surface area (Å²) in [6, 6.07) is 3.49. The number of amides is 1. The van der Waals surface area contributed by atoms with Crippen molar-refractivity contribution in [2.45, 2.75) is 0 Å². The predicted molar refractivity (Wildman–Crippen MR) is 81.1 cm³/mol. The van der Waals surface area contributed by atoms with Crippen LogP contribution in [0.4, 0.5) is 11.4 Å². The van der Waals surface area contributed by atoms with Gasteiger partial charge in [0.2, 0.25) is 0 Å². The third-order valence-corrected chi connectivity index (χ3v) is 4.72. The van der Waals surface area contributed by atoms with Gasteiger partial charge in [0, 0.05) is 13.2 Å². The number of halogens is 2. The number of carbonyl (C=O) groups is 1. The highest BCUT2D eigenvalue weighted by Gasteiger charge is 2.20. The van der Waals surface area contributed by atoms with Crippen LogP contribution < -0.4 is 10.6 Å². The van der Waals surface area contributed by atoms with E-state index >= 15 is 0 Å². The van der Waals surface area contributed by atoms with E-state index in [9.17, 15) is 4.79 Å². The molecular weight excluding hydrogens is 382 g/mol. The second-order valence-corrected chi connectivity index (χ2v) is 7.29. The molecule has 0 aromatic carbocycles. The van der Waals surface area contributed by atoms with E-state index in [4.69, 9.17) is 5.73 Å². The number of carbonyl (C=O) groups excluding carboxylic acids is 1. The van der Waals surface area contributed by atoms with Crippen LogP contribution in [-0.4, -0.2) is 17.9 Å². The number of rotatable bonds is 2. The second-order valence-electron chi connectivity index (χ2n) is 3.54. The van der Waals surface area contributed by atoms with Crippen molar-refractivity contribution >= 4 is 60.5 Å². The Kier molecular flexibility index (Phi) is 4.04. The summed E-state index contributed by atoms with van der Waals surface area (Å²) in [6.45, 7) is 0. The van der Waals surface area contributed by atoms with Gasteiger partial charge in [-0.3, -0.25) is 9.78 Å². The number of aromatic nitrogens is 1. The normalized spacial score (nSPS) is 10.4. The van der Waals surface area contributed by atoms with Gasteiger partial charge in [-0.05, 0) is 44.0 Å². The van der Waals surface area contributed by atoms with Crippen molar-refractivity contribution in [3.8, 4) is 0 Å². The van der Waals surface area contributed by atoms with Gasteiger partial charge in [-0.25, -0.2) is 0 Å². The topological polar surface area (TPSA) is 59.2 Å². The number of hydrogen-bond acceptors (Lipinski definition) is 4. The molecule has 0 aliphatic carbocycles. The zero-order valence-electron chi connectivity index (χ0n) is 9.35. The van der Waals surface area contributed by atoms with E-state index in [1.54, 1.807) is 25.4 Å². The molecule has 2 heterocycles. The first kappa shape index (κ1) is 13.5. The summed E-state index contributed by atoms with van der Waals surface area (Å²) in [5.74, 6) is -0.123. The molecule has 0 atom stereocenters. The fourth-order valence-corrected chi connectivity index (χ4v) is 4.26. The average molecular weight is 391 g/mol. The Morgan fingerprint density at radius 3 is 2.78 bits per heavy atom. The highest BCUT2D eigenvalue weighted by atomic mass is 79.9. The maximum Gasteiger partial charge on any atom is 0.260 e. The lowest BCUT2D eigenvalue weighted by Crippen LogP contribution is -2.26. The first-order chi connectivity index (χ1) is 8.50. The molecular formula is C11H9Br2N3OS. The molecule has 2 rings (SSSR count). The van der Waals surface area contributed by atoms with Gasteiger partial charge < -0.3 is 10.6 Å². The van der Waals surface area contributed by atoms with Gasteiger partial charge in [0.05, 0.1) is 30.7 Å². The van der Waals surface area contributed by atoms with Crippen LogP contribution in [0.2, 0.25) is 0 Å². The molecule has 0 unspecified atom stereocenters. The van der Waals surface area contributed by atoms with Crippen molar-refractivity contribution in [1.29, 1.82) is 0 Å². The fourth-order valence-electron chi connectivity index (χ4n) is 1.48. The summed E-state index contributed by atoms with van der Waals surface area (Å²) in [5.41, 5.74) is 7.52. The lowest BCUT2D eigenvalue weighted by Gasteiger charge is -2.18. The summed E-state index contributed by atoms with van der Waals surface area (Å²) < 4.78 is 1.69. The van der Waals surface area contributed by atoms with Crippen LogP contribution in [0.15, 0.2) is 32.1 Å². The molecule has 7 heteroatoms. The van der Waals surface area contributed by atoms with Crippen molar-refractivity contribution in [2.75, 3.05) is 17.7 Å². The summed E-state index contributed by atoms with van der Waals surface area (Å²) in [4.78, 5) is 17.8. The van der Waals surface area contributed by atoms with Crippen molar-refractivity contribution < 1.29 is 4.79 Å². The first-order valence-corrected chi connectivity index (χ1v) is 7.33. The van der Waals surface area contributed by atoms with E-state index in [0.29, 0.717) is 16.9 Å². The molecule has 2 N–H and O–H groups in total. The lowest BCUT2D eigenvalue weighted by molar-refractivity contribution is 0.0993. The van der Waals surface area contributed by atoms with E-state index in [0.717, 1.165) is 7.57 Å². The molecule has 0 fully saturated rings. The van der Waals surface area contributed by atoms with Gasteiger partial charge in [-0.2, -0.15) is 0 Å². The Labute approximate surface area is 125 Å². The van der Waals surface area contributed by atoms with Crippen LogP contribution in [-0.2, 0) is 0 Å². The SMILES string of the molecule is CN(C(=O)c1cc(Br)sc1Br)c1ccncc1N. The van der Waals surface area contributed by atoms with Crippen LogP contribution in [0.3, 0.4) is 0 Å². The third kappa shape index (κ3) is 2.57. The summed E-state index contributed by atoms with van der Waals surface area (Å²) in [7, 11) is 1.69. The van der Waals surface area contributed by atoms with Crippen LogP contribution >= 0.6 is 43.2 Å². The van der Waals surface area contributed by atoms with Crippen LogP contribution in [0.25, 0.3) is 0 Å². The standard InChI is InChI=1S/C11H9Br2N3OS/c1-16(8-2-3-15-5-7(8)14)11(17)6-4-9(12)18-10(6)13/h2-5H,14H2,1H3. The summed E-state index contributed by atoms with van der Waals surface area (Å²) in [6.07, 6.45) is 3.13. The highest BCUT2D eigenvalue weighted by molar-refractivity contribution is 9.12. The molecule has 18 heavy (non-hydrogen) atoms. The Bertz CT molecular complexity index is 600. The molecule has 0 bridgehead atoms. The number of nitrogens with two attached hydrogens (primary N) is 1. The number of nitrogen functional groups attached to an aromatic ring is 1. The van der Waals surface area contributed by atoms with Crippen LogP contribution in [0, 0.1) is 0 Å². The molecule has 94 valence electrons. The Balaban J connectivity index is 2.35. The van der Waals surface area contributed by atoms with Gasteiger partial charge in [0.25, 0.3) is 5.91 Å². The molecule has 0 aliphatic heterocycles. The zero-order chi connectivity index (χ0) is 13.3. The molecule has 2 aromatic rings. The van der Waals surface area contributed by atoms with Crippen molar-refractivity contribution in [3.05, 3.63) is 37.7 Å². The van der Waals surface area contributed by atoms with Gasteiger partial charge in [0.1, 0.15) is 0 Å². The molecule has 0 radical (unpaired) electrons. The van der Waals surface area contributed by atoms with E-state index in [2.05, 4.69) is 36.8 Å². The minimum atomic E-state index is -0.123. The number of anilines is 2. The molecule has 4 nitrogen and oxygen atoms in total. The number of thiophene rings is 1. The second kappa shape index (κ2) is 5.38. The predicted octanol–water partition coefficient (Wildman–Crippen LogP) is 3.53. The summed E-state index contributed by atoms with van der Waals surface area (Å²) >= 11 is 8.19. The smallest absolute Gasteiger partial charge is 0.260 e. The number of nitrogens with zero attached hydrogens (tertiary/aromatic N) is 2. The average Bonchev–Trinajstić information content (AvgIpc) is 2.67. The Hall–Kier alpha value is -0.920. The molecule has 0 saturated heterocycles. The quantitative estimate of drug-likeness (QED) is 0.853. The first-order valence-electron chi connectivity index (χ1n) is 4.93. The summed E-state index contributed by atoms with van der Waals surface area (Å²) in [5, 5.41) is 0. The van der Waals surface area contributed by atoms with Gasteiger partial charge >= 0.3 is 0 Å². The maximum atomic E-state index is 12.3. The van der Waals surface area contributed by atoms with Gasteiger partial charge in [0.15, 0.2) is 0 Å². The number of pyridine rings is 1. The number of hydrogen-bond donors (Lipinski definition) is 1. The highest BCUT2D eigenvalue weighted by Crippen LogP contribution is 2.33. The van der Waals surface area contributed by atoms with Crippen molar-refractivity contribution in [1.82, 2.24) is 4.98 Å². The van der Waals surface area contributed by atoms with Gasteiger partial charge in [-0.1, -0.05) is 0 Å².